The van der Waals surface area contributed by atoms with Gasteiger partial charge in [-0.25, -0.2) is 0 Å². The molecule has 0 radical (unpaired) electrons. The Hall–Kier alpha value is -1.10. The number of nitrogens with two attached hydrogens (primary N) is 1. The fourth-order valence-corrected chi connectivity index (χ4v) is 1.27. The maximum atomic E-state index is 5.63. The van der Waals surface area contributed by atoms with Gasteiger partial charge in [-0.3, -0.25) is 4.40 Å². The van der Waals surface area contributed by atoms with Gasteiger partial charge in [0.25, 0.3) is 0 Å². The second-order valence-corrected chi connectivity index (χ2v) is 2.84. The van der Waals surface area contributed by atoms with Gasteiger partial charge in [0.2, 0.25) is 4.73 Å². The van der Waals surface area contributed by atoms with E-state index in [9.17, 15) is 0 Å². The van der Waals surface area contributed by atoms with Gasteiger partial charge in [-0.1, -0.05) is 0 Å². The van der Waals surface area contributed by atoms with Crippen LogP contribution >= 0.6 is 15.9 Å². The SMILES string of the molecule is Nc1cccn2c(Br)nnc12. The minimum absolute atomic E-state index is 0.630. The average molecular weight is 213 g/mol. The minimum atomic E-state index is 0.630. The van der Waals surface area contributed by atoms with E-state index < -0.39 is 0 Å². The summed E-state index contributed by atoms with van der Waals surface area (Å²) in [4.78, 5) is 0. The highest BCUT2D eigenvalue weighted by Crippen LogP contribution is 2.14. The van der Waals surface area contributed by atoms with Crippen LogP contribution in [0.5, 0.6) is 0 Å². The molecule has 2 rings (SSSR count). The van der Waals surface area contributed by atoms with Crippen LogP contribution in [0.1, 0.15) is 0 Å². The molecule has 4 nitrogen and oxygen atoms in total. The van der Waals surface area contributed by atoms with Crippen molar-refractivity contribution in [3.63, 3.8) is 0 Å². The molecule has 0 aliphatic carbocycles. The van der Waals surface area contributed by atoms with Crippen LogP contribution < -0.4 is 5.73 Å². The van der Waals surface area contributed by atoms with E-state index in [1.807, 2.05) is 12.3 Å². The topological polar surface area (TPSA) is 56.2 Å². The maximum Gasteiger partial charge on any atom is 0.204 e. The minimum Gasteiger partial charge on any atom is -0.396 e. The third-order valence-electron chi connectivity index (χ3n) is 1.42. The van der Waals surface area contributed by atoms with Crippen molar-refractivity contribution in [2.75, 3.05) is 5.73 Å². The van der Waals surface area contributed by atoms with E-state index in [4.69, 9.17) is 5.73 Å². The van der Waals surface area contributed by atoms with Crippen LogP contribution in [0.25, 0.3) is 5.65 Å². The molecular weight excluding hydrogens is 208 g/mol. The van der Waals surface area contributed by atoms with Crippen LogP contribution in [0.15, 0.2) is 23.1 Å². The molecule has 2 N–H and O–H groups in total. The Morgan fingerprint density at radius 3 is 3.00 bits per heavy atom. The average Bonchev–Trinajstić information content (AvgIpc) is 2.35. The quantitative estimate of drug-likeness (QED) is 0.712. The Kier molecular flexibility index (Phi) is 1.32. The highest BCUT2D eigenvalue weighted by atomic mass is 79.9. The van der Waals surface area contributed by atoms with Gasteiger partial charge in [0.05, 0.1) is 5.69 Å². The van der Waals surface area contributed by atoms with Gasteiger partial charge in [0, 0.05) is 6.20 Å². The number of hydrogen-bond donors (Lipinski definition) is 1. The number of nitrogen functional groups attached to an aromatic ring is 1. The zero-order chi connectivity index (χ0) is 7.84. The van der Waals surface area contributed by atoms with Crippen LogP contribution in [0.2, 0.25) is 0 Å². The summed E-state index contributed by atoms with van der Waals surface area (Å²) < 4.78 is 2.44. The van der Waals surface area contributed by atoms with Gasteiger partial charge < -0.3 is 5.73 Å². The molecule has 0 amide bonds. The Morgan fingerprint density at radius 2 is 2.27 bits per heavy atom. The fourth-order valence-electron chi connectivity index (χ4n) is 0.909. The maximum absolute atomic E-state index is 5.63. The first-order valence-electron chi connectivity index (χ1n) is 3.04. The van der Waals surface area contributed by atoms with Crippen molar-refractivity contribution in [3.8, 4) is 0 Å². The molecule has 2 aromatic heterocycles. The van der Waals surface area contributed by atoms with Crippen molar-refractivity contribution in [3.05, 3.63) is 23.1 Å². The van der Waals surface area contributed by atoms with E-state index in [1.54, 1.807) is 10.5 Å². The first-order valence-corrected chi connectivity index (χ1v) is 3.83. The lowest BCUT2D eigenvalue weighted by Gasteiger charge is -1.94. The molecule has 56 valence electrons. The molecular formula is C6H5BrN4. The molecule has 0 saturated carbocycles. The number of fused-ring (bicyclic) bond motifs is 1. The van der Waals surface area contributed by atoms with Gasteiger partial charge in [-0.2, -0.15) is 0 Å². The van der Waals surface area contributed by atoms with Crippen LogP contribution in [-0.4, -0.2) is 14.6 Å². The molecule has 0 fully saturated rings. The number of anilines is 1. The molecule has 0 atom stereocenters. The number of aromatic nitrogens is 3. The first-order chi connectivity index (χ1) is 5.29. The van der Waals surface area contributed by atoms with Gasteiger partial charge in [-0.15, -0.1) is 10.2 Å². The predicted molar refractivity (Wildman–Crippen MR) is 45.1 cm³/mol. The second kappa shape index (κ2) is 2.20. The van der Waals surface area contributed by atoms with E-state index in [0.29, 0.717) is 16.1 Å². The van der Waals surface area contributed by atoms with Crippen LogP contribution in [0.4, 0.5) is 5.69 Å². The number of hydrogen-bond acceptors (Lipinski definition) is 3. The molecule has 0 aliphatic rings. The lowest BCUT2D eigenvalue weighted by atomic mass is 10.4. The summed E-state index contributed by atoms with van der Waals surface area (Å²) in [5.74, 6) is 0. The van der Waals surface area contributed by atoms with Crippen molar-refractivity contribution >= 4 is 27.3 Å². The zero-order valence-corrected chi connectivity index (χ0v) is 7.12. The van der Waals surface area contributed by atoms with Crippen LogP contribution in [-0.2, 0) is 0 Å². The van der Waals surface area contributed by atoms with Crippen molar-refractivity contribution in [1.82, 2.24) is 14.6 Å². The normalized spacial score (nSPS) is 10.6. The monoisotopic (exact) mass is 212 g/mol. The van der Waals surface area contributed by atoms with Crippen LogP contribution in [0, 0.1) is 0 Å². The number of pyridine rings is 1. The van der Waals surface area contributed by atoms with E-state index in [1.165, 1.54) is 0 Å². The highest BCUT2D eigenvalue weighted by Gasteiger charge is 2.02. The molecule has 0 bridgehead atoms. The summed E-state index contributed by atoms with van der Waals surface area (Å²) in [6, 6.07) is 3.63. The standard InChI is InChI=1S/C6H5BrN4/c7-6-10-9-5-4(8)2-1-3-11(5)6/h1-3H,8H2. The molecule has 5 heteroatoms. The summed E-state index contributed by atoms with van der Waals surface area (Å²) in [6.45, 7) is 0. The third kappa shape index (κ3) is 0.883. The molecule has 0 spiro atoms. The van der Waals surface area contributed by atoms with Crippen molar-refractivity contribution in [2.24, 2.45) is 0 Å². The van der Waals surface area contributed by atoms with E-state index in [2.05, 4.69) is 26.1 Å². The van der Waals surface area contributed by atoms with Gasteiger partial charge in [0.15, 0.2) is 5.65 Å². The van der Waals surface area contributed by atoms with Crippen molar-refractivity contribution in [1.29, 1.82) is 0 Å². The first kappa shape index (κ1) is 6.60. The number of rotatable bonds is 0. The molecule has 2 heterocycles. The van der Waals surface area contributed by atoms with Crippen LogP contribution in [0.3, 0.4) is 0 Å². The van der Waals surface area contributed by atoms with Crippen molar-refractivity contribution in [2.45, 2.75) is 0 Å². The zero-order valence-electron chi connectivity index (χ0n) is 5.53. The molecule has 0 aliphatic heterocycles. The molecule has 0 saturated heterocycles. The van der Waals surface area contributed by atoms with E-state index >= 15 is 0 Å². The van der Waals surface area contributed by atoms with Gasteiger partial charge >= 0.3 is 0 Å². The molecule has 0 aromatic carbocycles. The molecule has 11 heavy (non-hydrogen) atoms. The van der Waals surface area contributed by atoms with E-state index in [-0.39, 0.29) is 0 Å². The summed E-state index contributed by atoms with van der Waals surface area (Å²) in [7, 11) is 0. The lowest BCUT2D eigenvalue weighted by molar-refractivity contribution is 1.05. The highest BCUT2D eigenvalue weighted by molar-refractivity contribution is 9.10. The molecule has 2 aromatic rings. The van der Waals surface area contributed by atoms with Gasteiger partial charge in [-0.05, 0) is 28.1 Å². The predicted octanol–water partition coefficient (Wildman–Crippen LogP) is 1.07. The Labute approximate surface area is 71.2 Å². The largest absolute Gasteiger partial charge is 0.396 e. The Balaban J connectivity index is 2.94. The summed E-state index contributed by atoms with van der Waals surface area (Å²) in [5.41, 5.74) is 6.94. The smallest absolute Gasteiger partial charge is 0.204 e. The summed E-state index contributed by atoms with van der Waals surface area (Å²) in [5, 5.41) is 7.67. The fraction of sp³-hybridized carbons (Fsp3) is 0. The summed E-state index contributed by atoms with van der Waals surface area (Å²) in [6.07, 6.45) is 1.84. The second-order valence-electron chi connectivity index (χ2n) is 2.13. The Morgan fingerprint density at radius 1 is 1.45 bits per heavy atom. The number of nitrogens with zero attached hydrogens (tertiary/aromatic N) is 3. The van der Waals surface area contributed by atoms with Gasteiger partial charge in [0.1, 0.15) is 0 Å². The van der Waals surface area contributed by atoms with Crippen molar-refractivity contribution < 1.29 is 0 Å². The van der Waals surface area contributed by atoms with E-state index in [0.717, 1.165) is 0 Å². The molecule has 0 unspecified atom stereocenters. The lowest BCUT2D eigenvalue weighted by Crippen LogP contribution is -1.91. The summed E-state index contributed by atoms with van der Waals surface area (Å²) >= 11 is 3.23. The number of halogens is 1. The Bertz CT molecular complexity index is 394. The third-order valence-corrected chi connectivity index (χ3v) is 1.96.